The number of unbranched alkanes of at least 4 members (excludes halogenated alkanes) is 3. The summed E-state index contributed by atoms with van der Waals surface area (Å²) in [4.78, 5) is 0. The zero-order chi connectivity index (χ0) is 11.8. The van der Waals surface area contributed by atoms with Crippen LogP contribution in [0.4, 0.5) is 4.39 Å². The number of allylic oxidation sites excluding steroid dienone is 1. The van der Waals surface area contributed by atoms with Gasteiger partial charge < -0.3 is 4.74 Å². The van der Waals surface area contributed by atoms with Gasteiger partial charge in [-0.2, -0.15) is 0 Å². The smallest absolute Gasteiger partial charge is 0.129 e. The van der Waals surface area contributed by atoms with Gasteiger partial charge in [0.1, 0.15) is 11.6 Å². The van der Waals surface area contributed by atoms with E-state index in [4.69, 9.17) is 4.74 Å². The second kappa shape index (κ2) is 7.04. The fourth-order valence-electron chi connectivity index (χ4n) is 1.42. The lowest BCUT2D eigenvalue weighted by Crippen LogP contribution is -1.98. The zero-order valence-electron chi connectivity index (χ0n) is 9.84. The summed E-state index contributed by atoms with van der Waals surface area (Å²) < 4.78 is 18.6. The highest BCUT2D eigenvalue weighted by Gasteiger charge is 1.99. The second-order valence-electron chi connectivity index (χ2n) is 3.90. The number of halogens is 1. The van der Waals surface area contributed by atoms with Gasteiger partial charge in [0.2, 0.25) is 0 Å². The summed E-state index contributed by atoms with van der Waals surface area (Å²) in [6, 6.07) is 4.99. The Kier molecular flexibility index (Phi) is 5.62. The highest BCUT2D eigenvalue weighted by atomic mass is 19.1. The minimum absolute atomic E-state index is 0.204. The molecule has 1 aromatic rings. The zero-order valence-corrected chi connectivity index (χ0v) is 9.84. The van der Waals surface area contributed by atoms with Crippen molar-refractivity contribution in [2.75, 3.05) is 6.61 Å². The van der Waals surface area contributed by atoms with E-state index in [1.807, 2.05) is 12.1 Å². The molecule has 0 aliphatic heterocycles. The molecule has 0 fully saturated rings. The Morgan fingerprint density at radius 1 is 1.31 bits per heavy atom. The first-order valence-corrected chi connectivity index (χ1v) is 5.74. The molecule has 0 heterocycles. The van der Waals surface area contributed by atoms with Crippen LogP contribution in [-0.2, 0) is 0 Å². The van der Waals surface area contributed by atoms with E-state index < -0.39 is 0 Å². The molecule has 1 aromatic carbocycles. The summed E-state index contributed by atoms with van der Waals surface area (Å²) in [5.74, 6) is 0.413. The average Bonchev–Trinajstić information content (AvgIpc) is 2.28. The van der Waals surface area contributed by atoms with Crippen LogP contribution >= 0.6 is 0 Å². The van der Waals surface area contributed by atoms with Crippen LogP contribution in [-0.4, -0.2) is 6.61 Å². The molecule has 0 amide bonds. The Morgan fingerprint density at radius 2 is 2.12 bits per heavy atom. The first-order chi connectivity index (χ1) is 7.74. The third-order valence-corrected chi connectivity index (χ3v) is 2.46. The summed E-state index contributed by atoms with van der Waals surface area (Å²) in [6.07, 6.45) is 6.26. The molecule has 0 spiro atoms. The Morgan fingerprint density at radius 3 is 2.81 bits per heavy atom. The Balaban J connectivity index is 2.21. The van der Waals surface area contributed by atoms with Gasteiger partial charge in [-0.15, -0.1) is 6.58 Å². The third-order valence-electron chi connectivity index (χ3n) is 2.46. The van der Waals surface area contributed by atoms with Gasteiger partial charge in [0.15, 0.2) is 0 Å². The van der Waals surface area contributed by atoms with E-state index >= 15 is 0 Å². The quantitative estimate of drug-likeness (QED) is 0.495. The maximum Gasteiger partial charge on any atom is 0.129 e. The highest BCUT2D eigenvalue weighted by molar-refractivity contribution is 5.27. The number of hydrogen-bond acceptors (Lipinski definition) is 1. The first-order valence-electron chi connectivity index (χ1n) is 5.74. The van der Waals surface area contributed by atoms with Crippen molar-refractivity contribution in [2.45, 2.75) is 32.6 Å². The van der Waals surface area contributed by atoms with Gasteiger partial charge in [-0.05, 0) is 44.2 Å². The van der Waals surface area contributed by atoms with Gasteiger partial charge in [-0.3, -0.25) is 0 Å². The lowest BCUT2D eigenvalue weighted by Gasteiger charge is -2.06. The molecule has 0 aliphatic carbocycles. The first kappa shape index (κ1) is 12.8. The molecule has 0 N–H and O–H groups in total. The predicted molar refractivity (Wildman–Crippen MR) is 65.3 cm³/mol. The molecule has 2 heteroatoms. The average molecular weight is 222 g/mol. The molecular formula is C14H19FO. The van der Waals surface area contributed by atoms with Crippen molar-refractivity contribution < 1.29 is 9.13 Å². The second-order valence-corrected chi connectivity index (χ2v) is 3.90. The van der Waals surface area contributed by atoms with Crippen molar-refractivity contribution >= 4 is 0 Å². The van der Waals surface area contributed by atoms with Crippen LogP contribution in [0, 0.1) is 12.7 Å². The maximum absolute atomic E-state index is 13.2. The monoisotopic (exact) mass is 222 g/mol. The number of hydrogen-bond donors (Lipinski definition) is 0. The molecule has 1 nitrogen and oxygen atoms in total. The van der Waals surface area contributed by atoms with E-state index in [0.717, 1.165) is 25.7 Å². The normalized spacial score (nSPS) is 10.1. The van der Waals surface area contributed by atoms with Crippen LogP contribution in [0.2, 0.25) is 0 Å². The number of aryl methyl sites for hydroxylation is 1. The minimum atomic E-state index is -0.204. The van der Waals surface area contributed by atoms with Gasteiger partial charge in [0, 0.05) is 6.07 Å². The molecule has 0 aliphatic rings. The van der Waals surface area contributed by atoms with E-state index in [-0.39, 0.29) is 5.82 Å². The van der Waals surface area contributed by atoms with Crippen molar-refractivity contribution in [2.24, 2.45) is 0 Å². The van der Waals surface area contributed by atoms with Gasteiger partial charge in [0.25, 0.3) is 0 Å². The van der Waals surface area contributed by atoms with Crippen molar-refractivity contribution in [1.29, 1.82) is 0 Å². The Labute approximate surface area is 96.9 Å². The Hall–Kier alpha value is -1.31. The molecule has 0 radical (unpaired) electrons. The van der Waals surface area contributed by atoms with E-state index in [1.54, 1.807) is 13.0 Å². The number of ether oxygens (including phenoxy) is 1. The van der Waals surface area contributed by atoms with Gasteiger partial charge in [0.05, 0.1) is 6.61 Å². The molecule has 0 unspecified atom stereocenters. The summed E-state index contributed by atoms with van der Waals surface area (Å²) in [5, 5.41) is 0. The molecule has 1 rings (SSSR count). The molecule has 0 bridgehead atoms. The van der Waals surface area contributed by atoms with Crippen molar-refractivity contribution in [3.8, 4) is 5.75 Å². The molecular weight excluding hydrogens is 203 g/mol. The maximum atomic E-state index is 13.2. The van der Waals surface area contributed by atoms with Gasteiger partial charge in [-0.1, -0.05) is 12.1 Å². The molecule has 0 atom stereocenters. The Bertz CT molecular complexity index is 334. The van der Waals surface area contributed by atoms with E-state index in [0.29, 0.717) is 17.9 Å². The molecule has 88 valence electrons. The summed E-state index contributed by atoms with van der Waals surface area (Å²) in [7, 11) is 0. The van der Waals surface area contributed by atoms with Crippen LogP contribution in [0.15, 0.2) is 30.9 Å². The lowest BCUT2D eigenvalue weighted by atomic mass is 10.2. The fourth-order valence-corrected chi connectivity index (χ4v) is 1.42. The van der Waals surface area contributed by atoms with Crippen LogP contribution < -0.4 is 4.74 Å². The predicted octanol–water partition coefficient (Wildman–Crippen LogP) is 4.26. The van der Waals surface area contributed by atoms with Crippen molar-refractivity contribution in [3.63, 3.8) is 0 Å². The van der Waals surface area contributed by atoms with E-state index in [9.17, 15) is 4.39 Å². The van der Waals surface area contributed by atoms with Crippen molar-refractivity contribution in [3.05, 3.63) is 42.2 Å². The van der Waals surface area contributed by atoms with Crippen LogP contribution in [0.1, 0.15) is 31.2 Å². The summed E-state index contributed by atoms with van der Waals surface area (Å²) in [6.45, 7) is 6.07. The summed E-state index contributed by atoms with van der Waals surface area (Å²) >= 11 is 0. The van der Waals surface area contributed by atoms with Crippen LogP contribution in [0.5, 0.6) is 5.75 Å². The standard InChI is InChI=1S/C14H19FO/c1-3-4-5-6-7-10-16-13-9-8-12(2)14(15)11-13/h3,8-9,11H,1,4-7,10H2,2H3. The fraction of sp³-hybridized carbons (Fsp3) is 0.429. The molecule has 16 heavy (non-hydrogen) atoms. The number of benzene rings is 1. The number of rotatable bonds is 7. The molecule has 0 saturated heterocycles. The van der Waals surface area contributed by atoms with Crippen LogP contribution in [0.25, 0.3) is 0 Å². The van der Waals surface area contributed by atoms with Crippen LogP contribution in [0.3, 0.4) is 0 Å². The largest absolute Gasteiger partial charge is 0.493 e. The minimum Gasteiger partial charge on any atom is -0.493 e. The van der Waals surface area contributed by atoms with E-state index in [1.165, 1.54) is 6.07 Å². The summed E-state index contributed by atoms with van der Waals surface area (Å²) in [5.41, 5.74) is 0.651. The SMILES string of the molecule is C=CCCCCCOc1ccc(C)c(F)c1. The van der Waals surface area contributed by atoms with E-state index in [2.05, 4.69) is 6.58 Å². The van der Waals surface area contributed by atoms with Gasteiger partial charge >= 0.3 is 0 Å². The molecule has 0 saturated carbocycles. The van der Waals surface area contributed by atoms with Gasteiger partial charge in [-0.25, -0.2) is 4.39 Å². The third kappa shape index (κ3) is 4.47. The van der Waals surface area contributed by atoms with Crippen molar-refractivity contribution in [1.82, 2.24) is 0 Å². The molecule has 0 aromatic heterocycles. The topological polar surface area (TPSA) is 9.23 Å². The highest BCUT2D eigenvalue weighted by Crippen LogP contribution is 2.16. The lowest BCUT2D eigenvalue weighted by molar-refractivity contribution is 0.304.